The van der Waals surface area contributed by atoms with Crippen LogP contribution in [0.5, 0.6) is 5.75 Å². The number of hydrogen-bond donors (Lipinski definition) is 0. The summed E-state index contributed by atoms with van der Waals surface area (Å²) in [6.07, 6.45) is 12.7. The van der Waals surface area contributed by atoms with E-state index in [0.29, 0.717) is 0 Å². The van der Waals surface area contributed by atoms with Crippen LogP contribution in [0, 0.1) is 19.8 Å². The second-order valence-electron chi connectivity index (χ2n) is 6.44. The summed E-state index contributed by atoms with van der Waals surface area (Å²) in [7, 11) is 1.76. The highest BCUT2D eigenvalue weighted by Gasteiger charge is 2.23. The van der Waals surface area contributed by atoms with Gasteiger partial charge in [0.1, 0.15) is 5.75 Å². The molecule has 0 spiro atoms. The Labute approximate surface area is 130 Å². The molecule has 1 heteroatoms. The van der Waals surface area contributed by atoms with E-state index >= 15 is 0 Å². The first-order valence-electron chi connectivity index (χ1n) is 8.48. The van der Waals surface area contributed by atoms with E-state index < -0.39 is 0 Å². The predicted octanol–water partition coefficient (Wildman–Crippen LogP) is 5.94. The van der Waals surface area contributed by atoms with Crippen LogP contribution >= 0.6 is 0 Å². The van der Waals surface area contributed by atoms with Crippen molar-refractivity contribution in [1.29, 1.82) is 0 Å². The number of rotatable bonds is 5. The fourth-order valence-corrected chi connectivity index (χ4v) is 3.56. The van der Waals surface area contributed by atoms with E-state index in [0.717, 1.165) is 17.6 Å². The Bertz CT molecular complexity index is 479. The lowest BCUT2D eigenvalue weighted by molar-refractivity contribution is 0.373. The normalized spacial score (nSPS) is 22.7. The average Bonchev–Trinajstić information content (AvgIpc) is 2.51. The molecule has 21 heavy (non-hydrogen) atoms. The van der Waals surface area contributed by atoms with Crippen LogP contribution in [0.15, 0.2) is 24.3 Å². The molecule has 1 aliphatic rings. The molecule has 0 saturated heterocycles. The predicted molar refractivity (Wildman–Crippen MR) is 91.2 cm³/mol. The van der Waals surface area contributed by atoms with Gasteiger partial charge in [0.05, 0.1) is 7.11 Å². The molecule has 1 aliphatic carbocycles. The van der Waals surface area contributed by atoms with Crippen molar-refractivity contribution in [3.05, 3.63) is 41.0 Å². The lowest BCUT2D eigenvalue weighted by atomic mass is 9.77. The smallest absolute Gasteiger partial charge is 0.122 e. The highest BCUT2D eigenvalue weighted by Crippen LogP contribution is 2.39. The Morgan fingerprint density at radius 1 is 1.10 bits per heavy atom. The Hall–Kier alpha value is -1.24. The van der Waals surface area contributed by atoms with Crippen molar-refractivity contribution in [2.45, 2.75) is 65.2 Å². The molecule has 0 aliphatic heterocycles. The molecule has 0 N–H and O–H groups in total. The zero-order valence-corrected chi connectivity index (χ0v) is 14.1. The maximum atomic E-state index is 5.43. The van der Waals surface area contributed by atoms with Crippen molar-refractivity contribution in [3.8, 4) is 5.75 Å². The van der Waals surface area contributed by atoms with Crippen molar-refractivity contribution in [2.75, 3.05) is 7.11 Å². The van der Waals surface area contributed by atoms with E-state index in [1.807, 2.05) is 0 Å². The molecule has 1 saturated carbocycles. The van der Waals surface area contributed by atoms with Gasteiger partial charge in [-0.05, 0) is 80.5 Å². The standard InChI is InChI=1S/C20H30O/c1-5-6-7-8-17-9-11-18(12-10-17)19-13-14-20(21-4)16(3)15(19)2/h7-8,13-14,17-18H,5-6,9-12H2,1-4H3/b8-7+. The molecule has 0 heterocycles. The van der Waals surface area contributed by atoms with Crippen molar-refractivity contribution >= 4 is 0 Å². The van der Waals surface area contributed by atoms with Gasteiger partial charge in [0.2, 0.25) is 0 Å². The Morgan fingerprint density at radius 3 is 2.43 bits per heavy atom. The van der Waals surface area contributed by atoms with Gasteiger partial charge >= 0.3 is 0 Å². The second-order valence-corrected chi connectivity index (χ2v) is 6.44. The van der Waals surface area contributed by atoms with Gasteiger partial charge in [-0.3, -0.25) is 0 Å². The minimum Gasteiger partial charge on any atom is -0.496 e. The first kappa shape index (κ1) is 16.1. The lowest BCUT2D eigenvalue weighted by Crippen LogP contribution is -2.13. The van der Waals surface area contributed by atoms with Crippen LogP contribution in [0.25, 0.3) is 0 Å². The van der Waals surface area contributed by atoms with Crippen molar-refractivity contribution in [2.24, 2.45) is 5.92 Å². The van der Waals surface area contributed by atoms with Crippen LogP contribution in [0.1, 0.15) is 68.1 Å². The largest absolute Gasteiger partial charge is 0.496 e. The van der Waals surface area contributed by atoms with Crippen molar-refractivity contribution in [1.82, 2.24) is 0 Å². The molecule has 1 fully saturated rings. The summed E-state index contributed by atoms with van der Waals surface area (Å²) in [4.78, 5) is 0. The minimum absolute atomic E-state index is 0.741. The molecule has 0 aromatic heterocycles. The van der Waals surface area contributed by atoms with Gasteiger partial charge in [-0.1, -0.05) is 31.6 Å². The Kier molecular flexibility index (Phi) is 5.90. The third kappa shape index (κ3) is 3.90. The van der Waals surface area contributed by atoms with Crippen LogP contribution in [0.3, 0.4) is 0 Å². The van der Waals surface area contributed by atoms with Crippen molar-refractivity contribution in [3.63, 3.8) is 0 Å². The third-order valence-corrected chi connectivity index (χ3v) is 5.07. The summed E-state index contributed by atoms with van der Waals surface area (Å²) < 4.78 is 5.43. The van der Waals surface area contributed by atoms with E-state index in [9.17, 15) is 0 Å². The van der Waals surface area contributed by atoms with Crippen LogP contribution in [-0.4, -0.2) is 7.11 Å². The van der Waals surface area contributed by atoms with Gasteiger partial charge in [0.25, 0.3) is 0 Å². The van der Waals surface area contributed by atoms with Crippen LogP contribution in [0.4, 0.5) is 0 Å². The molecule has 0 amide bonds. The Balaban J connectivity index is 2.01. The molecule has 2 rings (SSSR count). The van der Waals surface area contributed by atoms with E-state index in [2.05, 4.69) is 45.1 Å². The van der Waals surface area contributed by atoms with E-state index in [-0.39, 0.29) is 0 Å². The fraction of sp³-hybridized carbons (Fsp3) is 0.600. The van der Waals surface area contributed by atoms with Crippen LogP contribution in [0.2, 0.25) is 0 Å². The maximum Gasteiger partial charge on any atom is 0.122 e. The van der Waals surface area contributed by atoms with Gasteiger partial charge in [0, 0.05) is 0 Å². The summed E-state index contributed by atoms with van der Waals surface area (Å²) in [5.41, 5.74) is 4.28. The lowest BCUT2D eigenvalue weighted by Gasteiger charge is -2.29. The molecule has 1 aromatic carbocycles. The molecular formula is C20H30O. The first-order chi connectivity index (χ1) is 10.2. The quantitative estimate of drug-likeness (QED) is 0.608. The van der Waals surface area contributed by atoms with Crippen molar-refractivity contribution < 1.29 is 4.74 Å². The zero-order valence-electron chi connectivity index (χ0n) is 14.1. The van der Waals surface area contributed by atoms with E-state index in [1.54, 1.807) is 12.7 Å². The molecule has 0 bridgehead atoms. The first-order valence-corrected chi connectivity index (χ1v) is 8.48. The van der Waals surface area contributed by atoms with E-state index in [4.69, 9.17) is 4.74 Å². The molecule has 1 nitrogen and oxygen atoms in total. The average molecular weight is 286 g/mol. The van der Waals surface area contributed by atoms with Gasteiger partial charge in [-0.25, -0.2) is 0 Å². The number of ether oxygens (including phenoxy) is 1. The zero-order chi connectivity index (χ0) is 15.2. The summed E-state index contributed by atoms with van der Waals surface area (Å²) >= 11 is 0. The number of unbranched alkanes of at least 4 members (excludes halogenated alkanes) is 1. The summed E-state index contributed by atoms with van der Waals surface area (Å²) in [6, 6.07) is 4.43. The van der Waals surface area contributed by atoms with Gasteiger partial charge in [0.15, 0.2) is 0 Å². The molecule has 0 atom stereocenters. The van der Waals surface area contributed by atoms with Crippen LogP contribution < -0.4 is 4.74 Å². The molecule has 1 aromatic rings. The van der Waals surface area contributed by atoms with Gasteiger partial charge in [-0.15, -0.1) is 0 Å². The molecular weight excluding hydrogens is 256 g/mol. The molecule has 116 valence electrons. The minimum atomic E-state index is 0.741. The summed E-state index contributed by atoms with van der Waals surface area (Å²) in [5, 5.41) is 0. The molecule has 0 radical (unpaired) electrons. The van der Waals surface area contributed by atoms with Gasteiger partial charge in [-0.2, -0.15) is 0 Å². The SMILES string of the molecule is CCC/C=C/C1CCC(c2ccc(OC)c(C)c2C)CC1. The second kappa shape index (κ2) is 7.68. The number of allylic oxidation sites excluding steroid dienone is 2. The van der Waals surface area contributed by atoms with Crippen LogP contribution in [-0.2, 0) is 0 Å². The Morgan fingerprint density at radius 2 is 1.81 bits per heavy atom. The highest BCUT2D eigenvalue weighted by atomic mass is 16.5. The number of methoxy groups -OCH3 is 1. The summed E-state index contributed by atoms with van der Waals surface area (Å²) in [5.74, 6) is 2.57. The highest BCUT2D eigenvalue weighted by molar-refractivity contribution is 5.45. The number of hydrogen-bond acceptors (Lipinski definition) is 1. The fourth-order valence-electron chi connectivity index (χ4n) is 3.56. The van der Waals surface area contributed by atoms with E-state index in [1.165, 1.54) is 49.7 Å². The third-order valence-electron chi connectivity index (χ3n) is 5.07. The summed E-state index contributed by atoms with van der Waals surface area (Å²) in [6.45, 7) is 6.67. The molecule has 0 unspecified atom stereocenters. The number of benzene rings is 1. The monoisotopic (exact) mass is 286 g/mol. The van der Waals surface area contributed by atoms with Gasteiger partial charge < -0.3 is 4.74 Å². The maximum absolute atomic E-state index is 5.43. The topological polar surface area (TPSA) is 9.23 Å².